The average Bonchev–Trinajstić information content (AvgIpc) is 2.51. The lowest BCUT2D eigenvalue weighted by atomic mass is 10.2. The molecule has 1 amide bonds. The van der Waals surface area contributed by atoms with Gasteiger partial charge in [0, 0.05) is 13.7 Å². The van der Waals surface area contributed by atoms with Crippen molar-refractivity contribution >= 4 is 11.9 Å². The number of benzene rings is 1. The lowest BCUT2D eigenvalue weighted by Gasteiger charge is -2.18. The van der Waals surface area contributed by atoms with Gasteiger partial charge < -0.3 is 19.1 Å². The first-order chi connectivity index (χ1) is 10.6. The molecule has 0 atom stereocenters. The second-order valence-corrected chi connectivity index (χ2v) is 4.51. The lowest BCUT2D eigenvalue weighted by molar-refractivity contribution is -0.143. The fourth-order valence-corrected chi connectivity index (χ4v) is 1.80. The summed E-state index contributed by atoms with van der Waals surface area (Å²) in [6, 6.07) is 6.93. The Bertz CT molecular complexity index is 489. The molecule has 0 aliphatic heterocycles. The van der Waals surface area contributed by atoms with Crippen molar-refractivity contribution in [3.63, 3.8) is 0 Å². The highest BCUT2D eigenvalue weighted by molar-refractivity contribution is 5.98. The molecule has 0 N–H and O–H groups in total. The van der Waals surface area contributed by atoms with Crippen LogP contribution in [0, 0.1) is 0 Å². The fraction of sp³-hybridized carbons (Fsp3) is 0.500. The van der Waals surface area contributed by atoms with Crippen molar-refractivity contribution in [1.82, 2.24) is 4.90 Å². The third-order valence-electron chi connectivity index (χ3n) is 2.83. The summed E-state index contributed by atoms with van der Waals surface area (Å²) in [6.07, 6.45) is 0. The molecule has 0 bridgehead atoms. The van der Waals surface area contributed by atoms with Gasteiger partial charge in [-0.25, -0.2) is 0 Å². The highest BCUT2D eigenvalue weighted by atomic mass is 16.5. The summed E-state index contributed by atoms with van der Waals surface area (Å²) in [7, 11) is 1.55. The number of esters is 1. The first kappa shape index (κ1) is 18.0. The number of carbonyl (C=O) groups is 2. The molecule has 22 heavy (non-hydrogen) atoms. The van der Waals surface area contributed by atoms with E-state index in [0.717, 1.165) is 0 Å². The minimum absolute atomic E-state index is 0.0973. The van der Waals surface area contributed by atoms with E-state index in [1.54, 1.807) is 38.2 Å². The molecule has 0 unspecified atom stereocenters. The van der Waals surface area contributed by atoms with Crippen LogP contribution in [0.4, 0.5) is 0 Å². The molecule has 0 radical (unpaired) electrons. The largest absolute Gasteiger partial charge is 0.490 e. The topological polar surface area (TPSA) is 65.1 Å². The van der Waals surface area contributed by atoms with Gasteiger partial charge in [-0.2, -0.15) is 0 Å². The van der Waals surface area contributed by atoms with E-state index in [4.69, 9.17) is 14.2 Å². The molecular weight excluding hydrogens is 286 g/mol. The van der Waals surface area contributed by atoms with Gasteiger partial charge in [0.1, 0.15) is 18.9 Å². The van der Waals surface area contributed by atoms with Crippen molar-refractivity contribution in [2.45, 2.75) is 13.8 Å². The van der Waals surface area contributed by atoms with E-state index in [1.807, 2.05) is 6.92 Å². The van der Waals surface area contributed by atoms with Crippen LogP contribution in [0.1, 0.15) is 24.2 Å². The Kier molecular flexibility index (Phi) is 7.99. The normalized spacial score (nSPS) is 10.1. The van der Waals surface area contributed by atoms with Crippen LogP contribution in [0.15, 0.2) is 24.3 Å². The van der Waals surface area contributed by atoms with E-state index in [1.165, 1.54) is 4.90 Å². The lowest BCUT2D eigenvalue weighted by Crippen LogP contribution is -2.33. The molecule has 1 aromatic carbocycles. The smallest absolute Gasteiger partial charge is 0.325 e. The molecule has 0 saturated heterocycles. The SMILES string of the molecule is CCOCCOc1ccccc1C(=O)N(C)CC(=O)OCC. The molecule has 1 aromatic rings. The summed E-state index contributed by atoms with van der Waals surface area (Å²) in [4.78, 5) is 25.2. The summed E-state index contributed by atoms with van der Waals surface area (Å²) >= 11 is 0. The number of hydrogen-bond donors (Lipinski definition) is 0. The van der Waals surface area contributed by atoms with Crippen LogP contribution < -0.4 is 4.74 Å². The van der Waals surface area contributed by atoms with Crippen LogP contribution in [-0.2, 0) is 14.3 Å². The van der Waals surface area contributed by atoms with E-state index in [0.29, 0.717) is 31.1 Å². The number of ether oxygens (including phenoxy) is 3. The van der Waals surface area contributed by atoms with Crippen molar-refractivity contribution in [3.05, 3.63) is 29.8 Å². The van der Waals surface area contributed by atoms with Gasteiger partial charge in [0.2, 0.25) is 0 Å². The minimum atomic E-state index is -0.437. The summed E-state index contributed by atoms with van der Waals surface area (Å²) in [6.45, 7) is 5.25. The third-order valence-corrected chi connectivity index (χ3v) is 2.83. The minimum Gasteiger partial charge on any atom is -0.490 e. The highest BCUT2D eigenvalue weighted by Gasteiger charge is 2.19. The maximum absolute atomic E-state index is 12.4. The van der Waals surface area contributed by atoms with Crippen LogP contribution in [0.2, 0.25) is 0 Å². The van der Waals surface area contributed by atoms with Crippen LogP contribution >= 0.6 is 0 Å². The number of nitrogens with zero attached hydrogens (tertiary/aromatic N) is 1. The maximum Gasteiger partial charge on any atom is 0.325 e. The van der Waals surface area contributed by atoms with Gasteiger partial charge in [-0.3, -0.25) is 9.59 Å². The molecule has 122 valence electrons. The summed E-state index contributed by atoms with van der Waals surface area (Å²) < 4.78 is 15.6. The van der Waals surface area contributed by atoms with Gasteiger partial charge in [-0.1, -0.05) is 12.1 Å². The second-order valence-electron chi connectivity index (χ2n) is 4.51. The average molecular weight is 309 g/mol. The molecule has 6 nitrogen and oxygen atoms in total. The number of rotatable bonds is 9. The first-order valence-electron chi connectivity index (χ1n) is 7.30. The van der Waals surface area contributed by atoms with E-state index in [9.17, 15) is 9.59 Å². The molecule has 0 aliphatic rings. The molecule has 6 heteroatoms. The summed E-state index contributed by atoms with van der Waals surface area (Å²) in [5.41, 5.74) is 0.408. The van der Waals surface area contributed by atoms with Crippen LogP contribution in [0.5, 0.6) is 5.75 Å². The quantitative estimate of drug-likeness (QED) is 0.513. The van der Waals surface area contributed by atoms with E-state index >= 15 is 0 Å². The predicted molar refractivity (Wildman–Crippen MR) is 82.0 cm³/mol. The van der Waals surface area contributed by atoms with E-state index in [-0.39, 0.29) is 19.1 Å². The Morgan fingerprint density at radius 3 is 2.50 bits per heavy atom. The standard InChI is InChI=1S/C16H23NO5/c1-4-20-10-11-22-14-9-7-6-8-13(14)16(19)17(3)12-15(18)21-5-2/h6-9H,4-5,10-12H2,1-3H3. The molecule has 1 rings (SSSR count). The van der Waals surface area contributed by atoms with Gasteiger partial charge in [-0.15, -0.1) is 0 Å². The molecule has 0 spiro atoms. The molecule has 0 aliphatic carbocycles. The Morgan fingerprint density at radius 2 is 1.82 bits per heavy atom. The van der Waals surface area contributed by atoms with Crippen LogP contribution in [-0.4, -0.2) is 56.8 Å². The number of para-hydroxylation sites is 1. The Labute approximate surface area is 131 Å². The number of amides is 1. The fourth-order valence-electron chi connectivity index (χ4n) is 1.80. The summed E-state index contributed by atoms with van der Waals surface area (Å²) in [5.74, 6) is -0.254. The van der Waals surface area contributed by atoms with Crippen LogP contribution in [0.25, 0.3) is 0 Å². The molecule has 0 fully saturated rings. The van der Waals surface area contributed by atoms with E-state index in [2.05, 4.69) is 0 Å². The number of hydrogen-bond acceptors (Lipinski definition) is 5. The molecule has 0 aromatic heterocycles. The van der Waals surface area contributed by atoms with Gasteiger partial charge in [0.25, 0.3) is 5.91 Å². The molecular formula is C16H23NO5. The third kappa shape index (κ3) is 5.73. The van der Waals surface area contributed by atoms with E-state index < -0.39 is 5.97 Å². The summed E-state index contributed by atoms with van der Waals surface area (Å²) in [5, 5.41) is 0. The molecule has 0 heterocycles. The predicted octanol–water partition coefficient (Wildman–Crippen LogP) is 1.74. The number of carbonyl (C=O) groups excluding carboxylic acids is 2. The maximum atomic E-state index is 12.4. The van der Waals surface area contributed by atoms with Gasteiger partial charge in [-0.05, 0) is 26.0 Å². The molecule has 0 saturated carbocycles. The van der Waals surface area contributed by atoms with Crippen molar-refractivity contribution in [2.24, 2.45) is 0 Å². The Hall–Kier alpha value is -2.08. The number of likely N-dealkylation sites (N-methyl/N-ethyl adjacent to an activating group) is 1. The zero-order chi connectivity index (χ0) is 16.4. The van der Waals surface area contributed by atoms with Gasteiger partial charge in [0.05, 0.1) is 18.8 Å². The van der Waals surface area contributed by atoms with Crippen molar-refractivity contribution in [2.75, 3.05) is 40.0 Å². The van der Waals surface area contributed by atoms with Crippen molar-refractivity contribution < 1.29 is 23.8 Å². The van der Waals surface area contributed by atoms with Crippen LogP contribution in [0.3, 0.4) is 0 Å². The van der Waals surface area contributed by atoms with Gasteiger partial charge in [0.15, 0.2) is 0 Å². The Balaban J connectivity index is 2.69. The Morgan fingerprint density at radius 1 is 1.09 bits per heavy atom. The monoisotopic (exact) mass is 309 g/mol. The van der Waals surface area contributed by atoms with Crippen molar-refractivity contribution in [3.8, 4) is 5.75 Å². The zero-order valence-corrected chi connectivity index (χ0v) is 13.3. The highest BCUT2D eigenvalue weighted by Crippen LogP contribution is 2.19. The first-order valence-corrected chi connectivity index (χ1v) is 7.30. The zero-order valence-electron chi connectivity index (χ0n) is 13.3. The van der Waals surface area contributed by atoms with Gasteiger partial charge >= 0.3 is 5.97 Å². The van der Waals surface area contributed by atoms with Crippen molar-refractivity contribution in [1.29, 1.82) is 0 Å². The second kappa shape index (κ2) is 9.78.